The first-order chi connectivity index (χ1) is 12.4. The summed E-state index contributed by atoms with van der Waals surface area (Å²) in [6.45, 7) is 3.24. The van der Waals surface area contributed by atoms with Gasteiger partial charge < -0.3 is 5.32 Å². The van der Waals surface area contributed by atoms with Gasteiger partial charge in [-0.1, -0.05) is 18.2 Å². The number of fused-ring (bicyclic) bond motifs is 1. The predicted molar refractivity (Wildman–Crippen MR) is 99.1 cm³/mol. The third-order valence-corrected chi connectivity index (χ3v) is 4.77. The Morgan fingerprint density at radius 3 is 2.62 bits per heavy atom. The van der Waals surface area contributed by atoms with Crippen LogP contribution in [0.4, 0.5) is 4.39 Å². The van der Waals surface area contributed by atoms with E-state index >= 15 is 0 Å². The fourth-order valence-corrected chi connectivity index (χ4v) is 3.58. The van der Waals surface area contributed by atoms with E-state index in [1.54, 1.807) is 23.6 Å². The molecule has 8 heteroatoms. The number of carbonyl (C=O) groups is 1. The summed E-state index contributed by atoms with van der Waals surface area (Å²) in [7, 11) is 0. The fraction of sp³-hybridized carbons (Fsp3) is 0.278. The molecule has 1 N–H and O–H groups in total. The lowest BCUT2D eigenvalue weighted by molar-refractivity contribution is -0.122. The van der Waals surface area contributed by atoms with E-state index in [2.05, 4.69) is 5.32 Å². The summed E-state index contributed by atoms with van der Waals surface area (Å²) in [6.07, 6.45) is 0. The Morgan fingerprint density at radius 1 is 1.19 bits per heavy atom. The van der Waals surface area contributed by atoms with Crippen molar-refractivity contribution in [2.24, 2.45) is 0 Å². The highest BCUT2D eigenvalue weighted by Crippen LogP contribution is 2.16. The lowest BCUT2D eigenvalue weighted by Gasteiger charge is -2.14. The Balaban J connectivity index is 2.12. The molecule has 3 aromatic rings. The van der Waals surface area contributed by atoms with Crippen molar-refractivity contribution in [3.05, 3.63) is 67.9 Å². The number of hydrogen-bond donors (Lipinski definition) is 1. The van der Waals surface area contributed by atoms with Crippen molar-refractivity contribution < 1.29 is 9.18 Å². The average molecular weight is 375 g/mol. The van der Waals surface area contributed by atoms with Crippen LogP contribution in [0, 0.1) is 5.82 Å². The molecule has 1 aromatic carbocycles. The van der Waals surface area contributed by atoms with Crippen molar-refractivity contribution in [1.29, 1.82) is 0 Å². The SMILES string of the molecule is CC(C)NC(=O)Cn1c(=O)n(Cc2ccccc2F)c(=O)c2sccc21. The van der Waals surface area contributed by atoms with Gasteiger partial charge in [0.25, 0.3) is 5.56 Å². The van der Waals surface area contributed by atoms with E-state index in [-0.39, 0.29) is 30.6 Å². The van der Waals surface area contributed by atoms with Gasteiger partial charge in [-0.2, -0.15) is 0 Å². The predicted octanol–water partition coefficient (Wildman–Crippen LogP) is 1.94. The number of nitrogens with one attached hydrogen (secondary N) is 1. The molecular formula is C18H18FN3O3S. The number of halogens is 1. The van der Waals surface area contributed by atoms with Crippen LogP contribution in [-0.2, 0) is 17.9 Å². The normalized spacial score (nSPS) is 11.2. The van der Waals surface area contributed by atoms with Gasteiger partial charge in [0.05, 0.1) is 12.1 Å². The summed E-state index contributed by atoms with van der Waals surface area (Å²) in [4.78, 5) is 37.7. The average Bonchev–Trinajstić information content (AvgIpc) is 3.06. The molecular weight excluding hydrogens is 357 g/mol. The number of thiophene rings is 1. The quantitative estimate of drug-likeness (QED) is 0.741. The van der Waals surface area contributed by atoms with E-state index in [0.717, 1.165) is 4.57 Å². The highest BCUT2D eigenvalue weighted by Gasteiger charge is 2.17. The van der Waals surface area contributed by atoms with Crippen molar-refractivity contribution in [1.82, 2.24) is 14.5 Å². The standard InChI is InChI=1S/C18H18FN3O3S/c1-11(2)20-15(23)10-21-14-7-8-26-16(14)17(24)22(18(21)25)9-12-5-3-4-6-13(12)19/h3-8,11H,9-10H2,1-2H3,(H,20,23). The third kappa shape index (κ3) is 3.45. The first kappa shape index (κ1) is 18.1. The second-order valence-electron chi connectivity index (χ2n) is 6.21. The van der Waals surface area contributed by atoms with Gasteiger partial charge in [-0.05, 0) is 31.4 Å². The number of hydrogen-bond acceptors (Lipinski definition) is 4. The molecule has 136 valence electrons. The van der Waals surface area contributed by atoms with E-state index in [1.807, 2.05) is 13.8 Å². The molecule has 0 saturated heterocycles. The number of carbonyl (C=O) groups excluding carboxylic acids is 1. The smallest absolute Gasteiger partial charge is 0.332 e. The summed E-state index contributed by atoms with van der Waals surface area (Å²) in [5, 5.41) is 4.42. The second kappa shape index (κ2) is 7.25. The maximum absolute atomic E-state index is 14.0. The van der Waals surface area contributed by atoms with Gasteiger partial charge in [0.2, 0.25) is 5.91 Å². The fourth-order valence-electron chi connectivity index (χ4n) is 2.73. The Kier molecular flexibility index (Phi) is 5.03. The van der Waals surface area contributed by atoms with Crippen LogP contribution in [-0.4, -0.2) is 21.1 Å². The number of aromatic nitrogens is 2. The summed E-state index contributed by atoms with van der Waals surface area (Å²) in [5.41, 5.74) is -0.471. The van der Waals surface area contributed by atoms with Gasteiger partial charge in [-0.3, -0.25) is 18.7 Å². The minimum absolute atomic E-state index is 0.0690. The largest absolute Gasteiger partial charge is 0.352 e. The molecule has 0 bridgehead atoms. The van der Waals surface area contributed by atoms with Gasteiger partial charge in [0.15, 0.2) is 0 Å². The third-order valence-electron chi connectivity index (χ3n) is 3.87. The lowest BCUT2D eigenvalue weighted by atomic mass is 10.2. The molecule has 0 aliphatic heterocycles. The Bertz CT molecular complexity index is 1080. The number of rotatable bonds is 5. The monoisotopic (exact) mass is 375 g/mol. The van der Waals surface area contributed by atoms with Crippen LogP contribution in [0.15, 0.2) is 45.3 Å². The van der Waals surface area contributed by atoms with Gasteiger partial charge in [-0.25, -0.2) is 9.18 Å². The van der Waals surface area contributed by atoms with Crippen molar-refractivity contribution in [2.45, 2.75) is 33.0 Å². The molecule has 2 heterocycles. The molecule has 0 fully saturated rings. The van der Waals surface area contributed by atoms with E-state index in [9.17, 15) is 18.8 Å². The van der Waals surface area contributed by atoms with Crippen LogP contribution in [0.5, 0.6) is 0 Å². The van der Waals surface area contributed by atoms with E-state index < -0.39 is 17.1 Å². The summed E-state index contributed by atoms with van der Waals surface area (Å²) in [6, 6.07) is 7.55. The molecule has 0 atom stereocenters. The molecule has 0 radical (unpaired) electrons. The zero-order chi connectivity index (χ0) is 18.8. The van der Waals surface area contributed by atoms with Crippen LogP contribution in [0.1, 0.15) is 19.4 Å². The number of amides is 1. The number of nitrogens with zero attached hydrogens (tertiary/aromatic N) is 2. The van der Waals surface area contributed by atoms with Crippen LogP contribution >= 0.6 is 11.3 Å². The van der Waals surface area contributed by atoms with Crippen LogP contribution in [0.25, 0.3) is 10.2 Å². The molecule has 26 heavy (non-hydrogen) atoms. The van der Waals surface area contributed by atoms with Crippen LogP contribution in [0.2, 0.25) is 0 Å². The minimum Gasteiger partial charge on any atom is -0.352 e. The molecule has 2 aromatic heterocycles. The summed E-state index contributed by atoms with van der Waals surface area (Å²) >= 11 is 1.19. The molecule has 0 unspecified atom stereocenters. The number of benzene rings is 1. The van der Waals surface area contributed by atoms with Gasteiger partial charge >= 0.3 is 5.69 Å². The van der Waals surface area contributed by atoms with Crippen molar-refractivity contribution in [3.8, 4) is 0 Å². The Labute approximate surface area is 152 Å². The Morgan fingerprint density at radius 2 is 1.92 bits per heavy atom. The summed E-state index contributed by atoms with van der Waals surface area (Å²) in [5.74, 6) is -0.820. The first-order valence-electron chi connectivity index (χ1n) is 8.12. The second-order valence-corrected chi connectivity index (χ2v) is 7.12. The topological polar surface area (TPSA) is 73.1 Å². The zero-order valence-electron chi connectivity index (χ0n) is 14.4. The van der Waals surface area contributed by atoms with Crippen molar-refractivity contribution >= 4 is 27.5 Å². The van der Waals surface area contributed by atoms with Gasteiger partial charge in [0, 0.05) is 11.6 Å². The molecule has 0 aliphatic rings. The van der Waals surface area contributed by atoms with E-state index in [0.29, 0.717) is 10.2 Å². The molecule has 1 amide bonds. The van der Waals surface area contributed by atoms with Crippen molar-refractivity contribution in [2.75, 3.05) is 0 Å². The molecule has 3 rings (SSSR count). The molecule has 0 aliphatic carbocycles. The van der Waals surface area contributed by atoms with Gasteiger partial charge in [-0.15, -0.1) is 11.3 Å². The highest BCUT2D eigenvalue weighted by molar-refractivity contribution is 7.17. The lowest BCUT2D eigenvalue weighted by Crippen LogP contribution is -2.43. The maximum Gasteiger partial charge on any atom is 0.332 e. The minimum atomic E-state index is -0.636. The molecule has 0 saturated carbocycles. The highest BCUT2D eigenvalue weighted by atomic mass is 32.1. The zero-order valence-corrected chi connectivity index (χ0v) is 15.2. The van der Waals surface area contributed by atoms with Crippen molar-refractivity contribution in [3.63, 3.8) is 0 Å². The van der Waals surface area contributed by atoms with E-state index in [4.69, 9.17) is 0 Å². The molecule has 0 spiro atoms. The molecule has 6 nitrogen and oxygen atoms in total. The maximum atomic E-state index is 14.0. The van der Waals surface area contributed by atoms with Crippen LogP contribution in [0.3, 0.4) is 0 Å². The van der Waals surface area contributed by atoms with Crippen LogP contribution < -0.4 is 16.6 Å². The first-order valence-corrected chi connectivity index (χ1v) is 9.00. The summed E-state index contributed by atoms with van der Waals surface area (Å²) < 4.78 is 16.5. The Hall–Kier alpha value is -2.74. The van der Waals surface area contributed by atoms with E-state index in [1.165, 1.54) is 28.0 Å². The van der Waals surface area contributed by atoms with Gasteiger partial charge in [0.1, 0.15) is 17.1 Å².